The van der Waals surface area contributed by atoms with Crippen molar-refractivity contribution in [3.8, 4) is 0 Å². The summed E-state index contributed by atoms with van der Waals surface area (Å²) in [6, 6.07) is 8.13. The molecule has 1 amide bonds. The molecule has 0 unspecified atom stereocenters. The minimum atomic E-state index is 0.0919. The van der Waals surface area contributed by atoms with Crippen molar-refractivity contribution >= 4 is 17.3 Å². The molecule has 1 aromatic rings. The van der Waals surface area contributed by atoms with Gasteiger partial charge in [0, 0.05) is 19.5 Å². The first-order chi connectivity index (χ1) is 6.68. The molecule has 0 saturated heterocycles. The molecule has 3 heteroatoms. The molecule has 1 aliphatic rings. The zero-order chi connectivity index (χ0) is 10.1. The zero-order valence-electron chi connectivity index (χ0n) is 8.45. The Morgan fingerprint density at radius 3 is 2.93 bits per heavy atom. The Bertz CT molecular complexity index is 362. The van der Waals surface area contributed by atoms with E-state index in [1.165, 1.54) is 0 Å². The van der Waals surface area contributed by atoms with Gasteiger partial charge < -0.3 is 10.2 Å². The highest BCUT2D eigenvalue weighted by Crippen LogP contribution is 2.29. The Balaban J connectivity index is 2.46. The third-order valence-corrected chi connectivity index (χ3v) is 2.70. The lowest BCUT2D eigenvalue weighted by Crippen LogP contribution is -2.29. The molecule has 0 spiro atoms. The highest BCUT2D eigenvalue weighted by atomic mass is 16.1. The molecule has 74 valence electrons. The molecule has 1 aliphatic heterocycles. The molecular weight excluding hydrogens is 176 g/mol. The maximum Gasteiger partial charge on any atom is 0.226 e. The number of nitrogens with zero attached hydrogens (tertiary/aromatic N) is 1. The van der Waals surface area contributed by atoms with Crippen LogP contribution in [0.25, 0.3) is 0 Å². The van der Waals surface area contributed by atoms with Crippen LogP contribution in [-0.2, 0) is 4.79 Å². The quantitative estimate of drug-likeness (QED) is 0.677. The summed E-state index contributed by atoms with van der Waals surface area (Å²) in [5.74, 6) is 0.0919. The summed E-state index contributed by atoms with van der Waals surface area (Å²) in [6.07, 6.45) is 0.547. The summed E-state index contributed by atoms with van der Waals surface area (Å²) in [5.41, 5.74) is 2.00. The fourth-order valence-corrected chi connectivity index (χ4v) is 1.73. The average Bonchev–Trinajstić information content (AvgIpc) is 2.26. The number of carbonyl (C=O) groups excluding carboxylic acids is 1. The van der Waals surface area contributed by atoms with E-state index in [1.54, 1.807) is 0 Å². The van der Waals surface area contributed by atoms with E-state index in [9.17, 15) is 4.79 Å². The number of rotatable bonds is 0. The Morgan fingerprint density at radius 1 is 1.43 bits per heavy atom. The largest absolute Gasteiger partial charge is 0.370 e. The van der Waals surface area contributed by atoms with E-state index in [2.05, 4.69) is 17.1 Å². The monoisotopic (exact) mass is 190 g/mol. The number of benzene rings is 1. The number of anilines is 2. The predicted octanol–water partition coefficient (Wildman–Crippen LogP) is 1.85. The van der Waals surface area contributed by atoms with E-state index in [4.69, 9.17) is 0 Å². The number of nitrogens with one attached hydrogen (secondary N) is 1. The van der Waals surface area contributed by atoms with Crippen LogP contribution in [0.4, 0.5) is 11.4 Å². The Hall–Kier alpha value is -1.51. The van der Waals surface area contributed by atoms with Crippen LogP contribution in [0.5, 0.6) is 0 Å². The number of hydrogen-bond donors (Lipinski definition) is 1. The summed E-state index contributed by atoms with van der Waals surface area (Å²) in [4.78, 5) is 13.6. The second-order valence-electron chi connectivity index (χ2n) is 3.73. The summed E-state index contributed by atoms with van der Waals surface area (Å²) in [6.45, 7) is 2.06. The molecule has 1 heterocycles. The van der Waals surface area contributed by atoms with Crippen molar-refractivity contribution in [1.82, 2.24) is 0 Å². The van der Waals surface area contributed by atoms with Crippen LogP contribution >= 0.6 is 0 Å². The van der Waals surface area contributed by atoms with E-state index in [0.717, 1.165) is 11.4 Å². The van der Waals surface area contributed by atoms with Gasteiger partial charge in [-0.15, -0.1) is 0 Å². The normalized spacial score (nSPS) is 21.1. The lowest BCUT2D eigenvalue weighted by molar-refractivity contribution is -0.116. The molecule has 1 N–H and O–H groups in total. The van der Waals surface area contributed by atoms with Crippen LogP contribution in [-0.4, -0.2) is 19.0 Å². The highest BCUT2D eigenvalue weighted by molar-refractivity contribution is 5.96. The SMILES string of the molecule is C[C@H]1CC(=O)Nc2ccccc2N1C. The smallest absolute Gasteiger partial charge is 0.226 e. The molecule has 0 bridgehead atoms. The van der Waals surface area contributed by atoms with Gasteiger partial charge in [0.2, 0.25) is 5.91 Å². The number of para-hydroxylation sites is 2. The second kappa shape index (κ2) is 3.33. The highest BCUT2D eigenvalue weighted by Gasteiger charge is 2.21. The third kappa shape index (κ3) is 1.45. The van der Waals surface area contributed by atoms with Crippen molar-refractivity contribution in [2.75, 3.05) is 17.3 Å². The molecule has 3 nitrogen and oxygen atoms in total. The molecule has 0 radical (unpaired) electrons. The molecular formula is C11H14N2O. The molecule has 0 saturated carbocycles. The number of hydrogen-bond acceptors (Lipinski definition) is 2. The van der Waals surface area contributed by atoms with Crippen molar-refractivity contribution in [2.24, 2.45) is 0 Å². The summed E-state index contributed by atoms with van der Waals surface area (Å²) >= 11 is 0. The Kier molecular flexibility index (Phi) is 2.15. The van der Waals surface area contributed by atoms with Gasteiger partial charge in [-0.1, -0.05) is 12.1 Å². The minimum absolute atomic E-state index is 0.0919. The van der Waals surface area contributed by atoms with Crippen molar-refractivity contribution in [3.05, 3.63) is 24.3 Å². The van der Waals surface area contributed by atoms with Crippen LogP contribution in [0.1, 0.15) is 13.3 Å². The fraction of sp³-hybridized carbons (Fsp3) is 0.364. The van der Waals surface area contributed by atoms with Crippen molar-refractivity contribution < 1.29 is 4.79 Å². The molecule has 1 atom stereocenters. The zero-order valence-corrected chi connectivity index (χ0v) is 8.45. The fourth-order valence-electron chi connectivity index (χ4n) is 1.73. The first kappa shape index (κ1) is 9.06. The molecule has 14 heavy (non-hydrogen) atoms. The maximum absolute atomic E-state index is 11.5. The van der Waals surface area contributed by atoms with Gasteiger partial charge in [-0.05, 0) is 19.1 Å². The van der Waals surface area contributed by atoms with E-state index < -0.39 is 0 Å². The average molecular weight is 190 g/mol. The van der Waals surface area contributed by atoms with Crippen LogP contribution in [0.2, 0.25) is 0 Å². The lowest BCUT2D eigenvalue weighted by atomic mass is 10.2. The third-order valence-electron chi connectivity index (χ3n) is 2.70. The summed E-state index contributed by atoms with van der Waals surface area (Å²) in [7, 11) is 2.02. The molecule has 0 aromatic heterocycles. The van der Waals surface area contributed by atoms with E-state index in [1.807, 2.05) is 31.3 Å². The van der Waals surface area contributed by atoms with Crippen LogP contribution in [0.15, 0.2) is 24.3 Å². The summed E-state index contributed by atoms with van der Waals surface area (Å²) in [5, 5.41) is 2.90. The number of fused-ring (bicyclic) bond motifs is 1. The summed E-state index contributed by atoms with van der Waals surface area (Å²) < 4.78 is 0. The van der Waals surface area contributed by atoms with Gasteiger partial charge in [0.25, 0.3) is 0 Å². The van der Waals surface area contributed by atoms with Crippen molar-refractivity contribution in [1.29, 1.82) is 0 Å². The standard InChI is InChI=1S/C11H14N2O/c1-8-7-11(14)12-9-5-3-4-6-10(9)13(8)2/h3-6,8H,7H2,1-2H3,(H,12,14)/t8-/m0/s1. The van der Waals surface area contributed by atoms with Crippen LogP contribution in [0.3, 0.4) is 0 Å². The van der Waals surface area contributed by atoms with E-state index in [-0.39, 0.29) is 11.9 Å². The maximum atomic E-state index is 11.5. The van der Waals surface area contributed by atoms with Crippen LogP contribution < -0.4 is 10.2 Å². The van der Waals surface area contributed by atoms with Gasteiger partial charge >= 0.3 is 0 Å². The first-order valence-corrected chi connectivity index (χ1v) is 4.80. The van der Waals surface area contributed by atoms with Gasteiger partial charge in [0.1, 0.15) is 0 Å². The van der Waals surface area contributed by atoms with Crippen molar-refractivity contribution in [3.63, 3.8) is 0 Å². The Morgan fingerprint density at radius 2 is 2.14 bits per heavy atom. The van der Waals surface area contributed by atoms with Gasteiger partial charge in [0.05, 0.1) is 11.4 Å². The molecule has 1 aromatic carbocycles. The van der Waals surface area contributed by atoms with E-state index >= 15 is 0 Å². The number of amides is 1. The molecule has 0 aliphatic carbocycles. The van der Waals surface area contributed by atoms with Gasteiger partial charge in [-0.2, -0.15) is 0 Å². The van der Waals surface area contributed by atoms with E-state index in [0.29, 0.717) is 6.42 Å². The number of carbonyl (C=O) groups is 1. The Labute approximate surface area is 83.7 Å². The van der Waals surface area contributed by atoms with Gasteiger partial charge in [-0.3, -0.25) is 4.79 Å². The predicted molar refractivity (Wildman–Crippen MR) is 57.6 cm³/mol. The first-order valence-electron chi connectivity index (χ1n) is 4.80. The lowest BCUT2D eigenvalue weighted by Gasteiger charge is -2.24. The molecule has 2 rings (SSSR count). The van der Waals surface area contributed by atoms with Crippen LogP contribution in [0, 0.1) is 0 Å². The van der Waals surface area contributed by atoms with Gasteiger partial charge in [-0.25, -0.2) is 0 Å². The topological polar surface area (TPSA) is 32.3 Å². The van der Waals surface area contributed by atoms with Crippen molar-refractivity contribution in [2.45, 2.75) is 19.4 Å². The second-order valence-corrected chi connectivity index (χ2v) is 3.73. The molecule has 0 fully saturated rings. The minimum Gasteiger partial charge on any atom is -0.370 e. The van der Waals surface area contributed by atoms with Gasteiger partial charge in [0.15, 0.2) is 0 Å².